The molecule has 1 amide bonds. The molecule has 2 aromatic heterocycles. The van der Waals surface area contributed by atoms with Gasteiger partial charge in [0.15, 0.2) is 0 Å². The third-order valence-electron chi connectivity index (χ3n) is 4.94. The molecule has 0 fully saturated rings. The number of anilines is 1. The molecule has 0 radical (unpaired) electrons. The van der Waals surface area contributed by atoms with E-state index < -0.39 is 21.9 Å². The van der Waals surface area contributed by atoms with Gasteiger partial charge >= 0.3 is 5.97 Å². The largest absolute Gasteiger partial charge is 0.465 e. The fourth-order valence-electron chi connectivity index (χ4n) is 3.38. The lowest BCUT2D eigenvalue weighted by Crippen LogP contribution is -2.37. The van der Waals surface area contributed by atoms with Gasteiger partial charge in [-0.1, -0.05) is 15.9 Å². The number of nitrogens with zero attached hydrogens (tertiary/aromatic N) is 2. The molecule has 0 aliphatic carbocycles. The first-order valence-electron chi connectivity index (χ1n) is 9.60. The average molecular weight is 529 g/mol. The van der Waals surface area contributed by atoms with Crippen LogP contribution in [0.2, 0.25) is 0 Å². The number of halogens is 1. The molecule has 10 heteroatoms. The number of aromatic nitrogens is 1. The highest BCUT2D eigenvalue weighted by Crippen LogP contribution is 2.33. The van der Waals surface area contributed by atoms with Crippen LogP contribution in [0.5, 0.6) is 0 Å². The minimum absolute atomic E-state index is 0.0400. The van der Waals surface area contributed by atoms with Crippen LogP contribution in [0.15, 0.2) is 80.8 Å². The molecule has 0 saturated heterocycles. The number of pyridine rings is 1. The molecule has 0 N–H and O–H groups in total. The molecule has 0 spiro atoms. The summed E-state index contributed by atoms with van der Waals surface area (Å²) in [6.07, 6.45) is 2.80. The van der Waals surface area contributed by atoms with Gasteiger partial charge in [0, 0.05) is 27.8 Å². The van der Waals surface area contributed by atoms with E-state index in [1.54, 1.807) is 19.1 Å². The predicted molar refractivity (Wildman–Crippen MR) is 125 cm³/mol. The molecule has 168 valence electrons. The zero-order valence-corrected chi connectivity index (χ0v) is 19.9. The van der Waals surface area contributed by atoms with Crippen molar-refractivity contribution in [2.24, 2.45) is 0 Å². The molecule has 8 nitrogen and oxygen atoms in total. The summed E-state index contributed by atoms with van der Waals surface area (Å²) in [7, 11) is -3.09. The number of sulfonamides is 1. The Morgan fingerprint density at radius 2 is 1.70 bits per heavy atom. The molecule has 4 rings (SSSR count). The maximum Gasteiger partial charge on any atom is 0.342 e. The van der Waals surface area contributed by atoms with E-state index in [1.165, 1.54) is 62.0 Å². The molecule has 4 aromatic rings. The second-order valence-electron chi connectivity index (χ2n) is 6.97. The molecule has 0 unspecified atom stereocenters. The number of benzene rings is 2. The number of esters is 1. The van der Waals surface area contributed by atoms with Crippen molar-refractivity contribution in [2.45, 2.75) is 11.8 Å². The SMILES string of the molecule is COC(=O)c1c(C)oc2ccc(N(C(=O)c3ccncc3)S(=O)(=O)c3ccc(Br)cc3)cc12. The lowest BCUT2D eigenvalue weighted by molar-refractivity contribution is 0.0600. The van der Waals surface area contributed by atoms with Gasteiger partial charge < -0.3 is 9.15 Å². The second kappa shape index (κ2) is 8.80. The summed E-state index contributed by atoms with van der Waals surface area (Å²) >= 11 is 3.28. The fraction of sp³-hybridized carbons (Fsp3) is 0.0870. The summed E-state index contributed by atoms with van der Waals surface area (Å²) in [6, 6.07) is 13.2. The van der Waals surface area contributed by atoms with Gasteiger partial charge in [-0.05, 0) is 61.5 Å². The average Bonchev–Trinajstić information content (AvgIpc) is 3.14. The Morgan fingerprint density at radius 3 is 2.33 bits per heavy atom. The number of carbonyl (C=O) groups excluding carboxylic acids is 2. The van der Waals surface area contributed by atoms with E-state index in [4.69, 9.17) is 9.15 Å². The summed E-state index contributed by atoms with van der Waals surface area (Å²) in [5.41, 5.74) is 0.682. The molecule has 33 heavy (non-hydrogen) atoms. The van der Waals surface area contributed by atoms with Crippen LogP contribution < -0.4 is 4.31 Å². The van der Waals surface area contributed by atoms with Gasteiger partial charge in [0.1, 0.15) is 16.9 Å². The van der Waals surface area contributed by atoms with Crippen molar-refractivity contribution in [1.82, 2.24) is 4.98 Å². The van der Waals surface area contributed by atoms with Gasteiger partial charge in [0.05, 0.1) is 17.7 Å². The van der Waals surface area contributed by atoms with Gasteiger partial charge in [-0.3, -0.25) is 9.78 Å². The molecular formula is C23H17BrN2O6S. The first kappa shape index (κ1) is 22.7. The monoisotopic (exact) mass is 528 g/mol. The van der Waals surface area contributed by atoms with Crippen molar-refractivity contribution in [2.75, 3.05) is 11.4 Å². The van der Waals surface area contributed by atoms with Crippen LogP contribution in [0.4, 0.5) is 5.69 Å². The quantitative estimate of drug-likeness (QED) is 0.345. The zero-order chi connectivity index (χ0) is 23.8. The number of rotatable bonds is 5. The van der Waals surface area contributed by atoms with Gasteiger partial charge in [-0.2, -0.15) is 4.31 Å². The Balaban J connectivity index is 1.95. The van der Waals surface area contributed by atoms with E-state index in [0.29, 0.717) is 25.5 Å². The number of hydrogen-bond donors (Lipinski definition) is 0. The Kier molecular flexibility index (Phi) is 6.05. The summed E-state index contributed by atoms with van der Waals surface area (Å²) < 4.78 is 39.1. The summed E-state index contributed by atoms with van der Waals surface area (Å²) in [4.78, 5) is 29.6. The number of methoxy groups -OCH3 is 1. The highest BCUT2D eigenvalue weighted by atomic mass is 79.9. The van der Waals surface area contributed by atoms with Crippen LogP contribution in [0.1, 0.15) is 26.5 Å². The summed E-state index contributed by atoms with van der Waals surface area (Å²) in [6.45, 7) is 1.60. The Labute approximate surface area is 198 Å². The van der Waals surface area contributed by atoms with E-state index in [1.807, 2.05) is 0 Å². The van der Waals surface area contributed by atoms with Crippen molar-refractivity contribution in [3.63, 3.8) is 0 Å². The van der Waals surface area contributed by atoms with Crippen molar-refractivity contribution >= 4 is 54.5 Å². The normalized spacial score (nSPS) is 11.4. The van der Waals surface area contributed by atoms with E-state index in [9.17, 15) is 18.0 Å². The van der Waals surface area contributed by atoms with Crippen molar-refractivity contribution in [1.29, 1.82) is 0 Å². The standard InChI is InChI=1S/C23H17BrN2O6S/c1-14-21(23(28)31-2)19-13-17(5-8-20(19)32-14)26(22(27)15-9-11-25-12-10-15)33(29,30)18-6-3-16(24)4-7-18/h3-13H,1-2H3. The number of fused-ring (bicyclic) bond motifs is 1. The minimum atomic E-state index is -4.32. The van der Waals surface area contributed by atoms with Crippen molar-refractivity contribution < 1.29 is 27.2 Å². The first-order chi connectivity index (χ1) is 15.7. The molecule has 0 atom stereocenters. The van der Waals surface area contributed by atoms with E-state index in [-0.39, 0.29) is 21.7 Å². The molecular weight excluding hydrogens is 512 g/mol. The van der Waals surface area contributed by atoms with E-state index >= 15 is 0 Å². The summed E-state index contributed by atoms with van der Waals surface area (Å²) in [5.74, 6) is -1.09. The minimum Gasteiger partial charge on any atom is -0.465 e. The topological polar surface area (TPSA) is 107 Å². The van der Waals surface area contributed by atoms with Crippen LogP contribution in [0, 0.1) is 6.92 Å². The lowest BCUT2D eigenvalue weighted by Gasteiger charge is -2.23. The van der Waals surface area contributed by atoms with Gasteiger partial charge in [-0.25, -0.2) is 13.2 Å². The maximum atomic E-state index is 13.6. The maximum absolute atomic E-state index is 13.6. The third-order valence-corrected chi connectivity index (χ3v) is 7.19. The van der Waals surface area contributed by atoms with Crippen LogP contribution in [0.3, 0.4) is 0 Å². The molecule has 0 aliphatic rings. The number of carbonyl (C=O) groups is 2. The Bertz CT molecular complexity index is 1460. The lowest BCUT2D eigenvalue weighted by atomic mass is 10.1. The fourth-order valence-corrected chi connectivity index (χ4v) is 5.05. The second-order valence-corrected chi connectivity index (χ2v) is 9.67. The number of furan rings is 1. The Morgan fingerprint density at radius 1 is 1.03 bits per heavy atom. The van der Waals surface area contributed by atoms with Crippen LogP contribution in [0.25, 0.3) is 11.0 Å². The van der Waals surface area contributed by atoms with Crippen molar-refractivity contribution in [3.8, 4) is 0 Å². The highest BCUT2D eigenvalue weighted by Gasteiger charge is 2.33. The van der Waals surface area contributed by atoms with Crippen LogP contribution >= 0.6 is 15.9 Å². The first-order valence-corrected chi connectivity index (χ1v) is 11.8. The van der Waals surface area contributed by atoms with Gasteiger partial charge in [-0.15, -0.1) is 0 Å². The smallest absolute Gasteiger partial charge is 0.342 e. The van der Waals surface area contributed by atoms with Crippen LogP contribution in [-0.4, -0.2) is 32.4 Å². The predicted octanol–water partition coefficient (Wildman–Crippen LogP) is 4.72. The summed E-state index contributed by atoms with van der Waals surface area (Å²) in [5, 5.41) is 0.329. The van der Waals surface area contributed by atoms with Crippen molar-refractivity contribution in [3.05, 3.63) is 88.4 Å². The van der Waals surface area contributed by atoms with Crippen LogP contribution in [-0.2, 0) is 14.8 Å². The molecule has 0 bridgehead atoms. The van der Waals surface area contributed by atoms with Gasteiger partial charge in [0.25, 0.3) is 15.9 Å². The number of amides is 1. The number of ether oxygens (including phenoxy) is 1. The van der Waals surface area contributed by atoms with E-state index in [0.717, 1.165) is 0 Å². The number of hydrogen-bond acceptors (Lipinski definition) is 7. The molecule has 2 heterocycles. The Hall–Kier alpha value is -3.50. The highest BCUT2D eigenvalue weighted by molar-refractivity contribution is 9.10. The third kappa shape index (κ3) is 4.14. The van der Waals surface area contributed by atoms with E-state index in [2.05, 4.69) is 20.9 Å². The van der Waals surface area contributed by atoms with Gasteiger partial charge in [0.2, 0.25) is 0 Å². The number of aryl methyl sites for hydroxylation is 1. The molecule has 0 saturated carbocycles. The molecule has 0 aliphatic heterocycles. The molecule has 2 aromatic carbocycles. The zero-order valence-electron chi connectivity index (χ0n) is 17.5.